The van der Waals surface area contributed by atoms with Crippen molar-refractivity contribution in [3.8, 4) is 5.75 Å². The summed E-state index contributed by atoms with van der Waals surface area (Å²) in [5, 5.41) is 9.31. The molecule has 0 heterocycles. The van der Waals surface area contributed by atoms with Gasteiger partial charge in [-0.25, -0.2) is 4.79 Å². The lowest BCUT2D eigenvalue weighted by Crippen LogP contribution is -2.06. The SMILES string of the molecule is CCOC(=O)c1cccc(O)c1C.CN. The van der Waals surface area contributed by atoms with E-state index in [1.807, 2.05) is 0 Å². The van der Waals surface area contributed by atoms with Crippen LogP contribution in [0.4, 0.5) is 0 Å². The summed E-state index contributed by atoms with van der Waals surface area (Å²) in [6.45, 7) is 3.77. The maximum atomic E-state index is 11.3. The fourth-order valence-corrected chi connectivity index (χ4v) is 1.05. The van der Waals surface area contributed by atoms with Crippen LogP contribution >= 0.6 is 0 Å². The van der Waals surface area contributed by atoms with Crippen molar-refractivity contribution in [1.29, 1.82) is 0 Å². The minimum absolute atomic E-state index is 0.116. The smallest absolute Gasteiger partial charge is 0.338 e. The molecule has 1 aromatic carbocycles. The number of hydrogen-bond acceptors (Lipinski definition) is 4. The Balaban J connectivity index is 0.000000921. The van der Waals surface area contributed by atoms with Gasteiger partial charge in [0.2, 0.25) is 0 Å². The zero-order valence-electron chi connectivity index (χ0n) is 9.28. The third kappa shape index (κ3) is 3.59. The van der Waals surface area contributed by atoms with Crippen LogP contribution in [0.1, 0.15) is 22.8 Å². The summed E-state index contributed by atoms with van der Waals surface area (Å²) in [7, 11) is 1.50. The summed E-state index contributed by atoms with van der Waals surface area (Å²) in [5.41, 5.74) is 5.47. The molecule has 0 saturated carbocycles. The van der Waals surface area contributed by atoms with Crippen LogP contribution in [-0.4, -0.2) is 24.7 Å². The average Bonchev–Trinajstić information content (AvgIpc) is 2.25. The fourth-order valence-electron chi connectivity index (χ4n) is 1.05. The number of carbonyl (C=O) groups is 1. The minimum atomic E-state index is -0.393. The molecule has 0 atom stereocenters. The molecule has 0 aliphatic rings. The van der Waals surface area contributed by atoms with Crippen molar-refractivity contribution in [1.82, 2.24) is 0 Å². The number of benzene rings is 1. The normalized spacial score (nSPS) is 8.80. The van der Waals surface area contributed by atoms with E-state index in [1.165, 1.54) is 13.1 Å². The van der Waals surface area contributed by atoms with Gasteiger partial charge >= 0.3 is 5.97 Å². The standard InChI is InChI=1S/C10H12O3.CH5N/c1-3-13-10(12)8-5-4-6-9(11)7(8)2;1-2/h4-6,11H,3H2,1-2H3;2H2,1H3. The molecule has 4 nitrogen and oxygen atoms in total. The summed E-state index contributed by atoms with van der Waals surface area (Å²) in [6.07, 6.45) is 0. The molecule has 0 aliphatic carbocycles. The number of nitrogens with two attached hydrogens (primary N) is 1. The van der Waals surface area contributed by atoms with Crippen LogP contribution in [-0.2, 0) is 4.74 Å². The van der Waals surface area contributed by atoms with Crippen molar-refractivity contribution >= 4 is 5.97 Å². The van der Waals surface area contributed by atoms with Gasteiger partial charge in [-0.3, -0.25) is 0 Å². The van der Waals surface area contributed by atoms with Crippen LogP contribution < -0.4 is 5.73 Å². The number of rotatable bonds is 2. The summed E-state index contributed by atoms with van der Waals surface area (Å²) < 4.78 is 4.81. The predicted octanol–water partition coefficient (Wildman–Crippen LogP) is 1.45. The highest BCUT2D eigenvalue weighted by Crippen LogP contribution is 2.19. The number of phenols is 1. The Labute approximate surface area is 89.7 Å². The number of carbonyl (C=O) groups excluding carboxylic acids is 1. The van der Waals surface area contributed by atoms with E-state index < -0.39 is 5.97 Å². The first-order valence-corrected chi connectivity index (χ1v) is 4.70. The van der Waals surface area contributed by atoms with E-state index in [2.05, 4.69) is 5.73 Å². The molecule has 15 heavy (non-hydrogen) atoms. The van der Waals surface area contributed by atoms with E-state index >= 15 is 0 Å². The highest BCUT2D eigenvalue weighted by Gasteiger charge is 2.11. The molecule has 3 N–H and O–H groups in total. The Hall–Kier alpha value is -1.55. The molecule has 0 fully saturated rings. The van der Waals surface area contributed by atoms with E-state index in [1.54, 1.807) is 26.0 Å². The summed E-state index contributed by atoms with van der Waals surface area (Å²) in [4.78, 5) is 11.3. The van der Waals surface area contributed by atoms with Crippen molar-refractivity contribution in [3.63, 3.8) is 0 Å². The lowest BCUT2D eigenvalue weighted by molar-refractivity contribution is 0.0525. The number of phenolic OH excluding ortho intramolecular Hbond substituents is 1. The van der Waals surface area contributed by atoms with Gasteiger partial charge in [0.25, 0.3) is 0 Å². The molecule has 0 saturated heterocycles. The van der Waals surface area contributed by atoms with Crippen molar-refractivity contribution in [3.05, 3.63) is 29.3 Å². The first kappa shape index (κ1) is 13.4. The van der Waals surface area contributed by atoms with Crippen LogP contribution in [0.25, 0.3) is 0 Å². The molecule has 1 rings (SSSR count). The van der Waals surface area contributed by atoms with Gasteiger partial charge in [-0.15, -0.1) is 0 Å². The third-order valence-electron chi connectivity index (χ3n) is 1.80. The molecule has 4 heteroatoms. The monoisotopic (exact) mass is 211 g/mol. The minimum Gasteiger partial charge on any atom is -0.508 e. The highest BCUT2D eigenvalue weighted by atomic mass is 16.5. The van der Waals surface area contributed by atoms with Crippen molar-refractivity contribution in [2.24, 2.45) is 5.73 Å². The van der Waals surface area contributed by atoms with Gasteiger partial charge in [0, 0.05) is 5.56 Å². The second kappa shape index (κ2) is 6.84. The molecular formula is C11H17NO3. The van der Waals surface area contributed by atoms with Crippen molar-refractivity contribution < 1.29 is 14.6 Å². The fraction of sp³-hybridized carbons (Fsp3) is 0.364. The predicted molar refractivity (Wildman–Crippen MR) is 58.9 cm³/mol. The van der Waals surface area contributed by atoms with Gasteiger partial charge in [0.1, 0.15) is 5.75 Å². The van der Waals surface area contributed by atoms with E-state index in [0.29, 0.717) is 17.7 Å². The Kier molecular flexibility index (Phi) is 6.13. The van der Waals surface area contributed by atoms with E-state index in [4.69, 9.17) is 4.74 Å². The maximum absolute atomic E-state index is 11.3. The summed E-state index contributed by atoms with van der Waals surface area (Å²) in [5.74, 6) is -0.276. The Morgan fingerprint density at radius 2 is 2.07 bits per heavy atom. The molecule has 0 unspecified atom stereocenters. The number of esters is 1. The van der Waals surface area contributed by atoms with Crippen LogP contribution in [0.3, 0.4) is 0 Å². The molecule has 0 radical (unpaired) electrons. The lowest BCUT2D eigenvalue weighted by Gasteiger charge is -2.05. The van der Waals surface area contributed by atoms with Crippen LogP contribution in [0.5, 0.6) is 5.75 Å². The Bertz CT molecular complexity index is 324. The molecule has 0 spiro atoms. The van der Waals surface area contributed by atoms with Gasteiger partial charge in [-0.05, 0) is 33.0 Å². The van der Waals surface area contributed by atoms with Crippen LogP contribution in [0.2, 0.25) is 0 Å². The number of hydrogen-bond donors (Lipinski definition) is 2. The highest BCUT2D eigenvalue weighted by molar-refractivity contribution is 5.91. The first-order valence-electron chi connectivity index (χ1n) is 4.70. The zero-order valence-corrected chi connectivity index (χ0v) is 9.28. The summed E-state index contributed by atoms with van der Waals surface area (Å²) in [6, 6.07) is 4.79. The van der Waals surface area contributed by atoms with Crippen molar-refractivity contribution in [2.45, 2.75) is 13.8 Å². The first-order chi connectivity index (χ1) is 7.16. The topological polar surface area (TPSA) is 72.5 Å². The quantitative estimate of drug-likeness (QED) is 0.726. The molecule has 0 aromatic heterocycles. The molecule has 84 valence electrons. The second-order valence-electron chi connectivity index (χ2n) is 2.67. The van der Waals surface area contributed by atoms with Gasteiger partial charge < -0.3 is 15.6 Å². The molecule has 0 amide bonds. The van der Waals surface area contributed by atoms with Gasteiger partial charge in [0.15, 0.2) is 0 Å². The zero-order chi connectivity index (χ0) is 11.8. The van der Waals surface area contributed by atoms with E-state index in [9.17, 15) is 9.90 Å². The molecule has 1 aromatic rings. The van der Waals surface area contributed by atoms with Crippen LogP contribution in [0.15, 0.2) is 18.2 Å². The third-order valence-corrected chi connectivity index (χ3v) is 1.80. The summed E-state index contributed by atoms with van der Waals surface area (Å²) >= 11 is 0. The van der Waals surface area contributed by atoms with E-state index in [0.717, 1.165) is 0 Å². The molecule has 0 bridgehead atoms. The van der Waals surface area contributed by atoms with Gasteiger partial charge in [-0.2, -0.15) is 0 Å². The largest absolute Gasteiger partial charge is 0.508 e. The number of aromatic hydroxyl groups is 1. The average molecular weight is 211 g/mol. The van der Waals surface area contributed by atoms with Gasteiger partial charge in [-0.1, -0.05) is 6.07 Å². The lowest BCUT2D eigenvalue weighted by atomic mass is 10.1. The van der Waals surface area contributed by atoms with Gasteiger partial charge in [0.05, 0.1) is 12.2 Å². The van der Waals surface area contributed by atoms with E-state index in [-0.39, 0.29) is 5.75 Å². The van der Waals surface area contributed by atoms with Crippen molar-refractivity contribution in [2.75, 3.05) is 13.7 Å². The maximum Gasteiger partial charge on any atom is 0.338 e. The Morgan fingerprint density at radius 3 is 2.60 bits per heavy atom. The van der Waals surface area contributed by atoms with Crippen LogP contribution in [0, 0.1) is 6.92 Å². The molecular weight excluding hydrogens is 194 g/mol. The number of ether oxygens (including phenoxy) is 1. The second-order valence-corrected chi connectivity index (χ2v) is 2.67. The molecule has 0 aliphatic heterocycles. The Morgan fingerprint density at radius 1 is 1.47 bits per heavy atom.